The maximum absolute atomic E-state index is 12.7. The zero-order valence-electron chi connectivity index (χ0n) is 15.0. The highest BCUT2D eigenvalue weighted by Crippen LogP contribution is 2.34. The summed E-state index contributed by atoms with van der Waals surface area (Å²) in [6, 6.07) is 21.7. The maximum Gasteiger partial charge on any atom is 0.238 e. The number of nitrogens with zero attached hydrogens (tertiary/aromatic N) is 1. The first-order valence-corrected chi connectivity index (χ1v) is 10.1. The Kier molecular flexibility index (Phi) is 5.51. The van der Waals surface area contributed by atoms with Crippen molar-refractivity contribution in [2.45, 2.75) is 18.9 Å². The van der Waals surface area contributed by atoms with Crippen LogP contribution in [-0.4, -0.2) is 23.9 Å². The number of hydrogen-bond acceptors (Lipinski definition) is 4. The van der Waals surface area contributed by atoms with E-state index in [2.05, 4.69) is 27.7 Å². The number of ether oxygens (including phenoxy) is 1. The summed E-state index contributed by atoms with van der Waals surface area (Å²) in [5.41, 5.74) is 0.693. The van der Waals surface area contributed by atoms with Gasteiger partial charge in [0.1, 0.15) is 5.75 Å². The monoisotopic (exact) mass is 378 g/mol. The van der Waals surface area contributed by atoms with Crippen molar-refractivity contribution in [3.63, 3.8) is 0 Å². The number of thiophene rings is 1. The first-order valence-electron chi connectivity index (χ1n) is 9.19. The van der Waals surface area contributed by atoms with Gasteiger partial charge in [-0.1, -0.05) is 36.4 Å². The Morgan fingerprint density at radius 1 is 1.07 bits per heavy atom. The van der Waals surface area contributed by atoms with E-state index in [4.69, 9.17) is 4.74 Å². The van der Waals surface area contributed by atoms with E-state index in [1.54, 1.807) is 11.3 Å². The van der Waals surface area contributed by atoms with Gasteiger partial charge in [-0.3, -0.25) is 9.69 Å². The summed E-state index contributed by atoms with van der Waals surface area (Å²) in [5.74, 6) is 1.38. The van der Waals surface area contributed by atoms with Crippen molar-refractivity contribution in [1.82, 2.24) is 4.90 Å². The molecule has 27 heavy (non-hydrogen) atoms. The lowest BCUT2D eigenvalue weighted by atomic mass is 10.2. The molecule has 1 N–H and O–H groups in total. The van der Waals surface area contributed by atoms with Crippen molar-refractivity contribution in [2.24, 2.45) is 0 Å². The molecule has 1 fully saturated rings. The van der Waals surface area contributed by atoms with Gasteiger partial charge in [0.2, 0.25) is 5.91 Å². The molecule has 1 amide bonds. The van der Waals surface area contributed by atoms with Gasteiger partial charge < -0.3 is 10.1 Å². The molecule has 0 aliphatic carbocycles. The molecular weight excluding hydrogens is 356 g/mol. The molecule has 2 aromatic carbocycles. The van der Waals surface area contributed by atoms with Gasteiger partial charge in [-0.25, -0.2) is 0 Å². The van der Waals surface area contributed by atoms with Crippen LogP contribution in [0.3, 0.4) is 0 Å². The molecule has 1 atom stereocenters. The third-order valence-corrected chi connectivity index (χ3v) is 5.69. The summed E-state index contributed by atoms with van der Waals surface area (Å²) in [4.78, 5) is 16.3. The predicted molar refractivity (Wildman–Crippen MR) is 109 cm³/mol. The fraction of sp³-hybridized carbons (Fsp3) is 0.227. The molecule has 4 nitrogen and oxygen atoms in total. The average molecular weight is 378 g/mol. The third-order valence-electron chi connectivity index (χ3n) is 4.71. The molecule has 4 rings (SSSR count). The van der Waals surface area contributed by atoms with Gasteiger partial charge in [-0.05, 0) is 55.1 Å². The van der Waals surface area contributed by atoms with Crippen molar-refractivity contribution in [3.8, 4) is 11.5 Å². The van der Waals surface area contributed by atoms with Gasteiger partial charge in [0, 0.05) is 10.9 Å². The number of rotatable bonds is 6. The molecule has 5 heteroatoms. The van der Waals surface area contributed by atoms with Crippen molar-refractivity contribution in [1.29, 1.82) is 0 Å². The van der Waals surface area contributed by atoms with Crippen LogP contribution < -0.4 is 10.1 Å². The lowest BCUT2D eigenvalue weighted by Crippen LogP contribution is -2.32. The highest BCUT2D eigenvalue weighted by molar-refractivity contribution is 7.10. The Morgan fingerprint density at radius 2 is 1.89 bits per heavy atom. The number of hydrogen-bond donors (Lipinski definition) is 1. The Morgan fingerprint density at radius 3 is 2.70 bits per heavy atom. The molecule has 3 aromatic rings. The van der Waals surface area contributed by atoms with E-state index in [0.29, 0.717) is 24.0 Å². The standard InChI is InChI=1S/C22H22N2O2S/c25-22(16-24-14-6-11-19(24)21-13-7-15-27-21)23-18-10-4-5-12-20(18)26-17-8-2-1-3-9-17/h1-5,7-10,12-13,15,19H,6,11,14,16H2,(H,23,25)/t19-/m1/s1. The van der Waals surface area contributed by atoms with Crippen LogP contribution in [0.2, 0.25) is 0 Å². The minimum atomic E-state index is -0.0115. The number of anilines is 1. The number of para-hydroxylation sites is 3. The van der Waals surface area contributed by atoms with Gasteiger partial charge >= 0.3 is 0 Å². The zero-order chi connectivity index (χ0) is 18.5. The fourth-order valence-electron chi connectivity index (χ4n) is 3.47. The van der Waals surface area contributed by atoms with Gasteiger partial charge in [-0.15, -0.1) is 11.3 Å². The van der Waals surface area contributed by atoms with Crippen LogP contribution in [0.25, 0.3) is 0 Å². The maximum atomic E-state index is 12.7. The van der Waals surface area contributed by atoms with Gasteiger partial charge in [0.05, 0.1) is 12.2 Å². The summed E-state index contributed by atoms with van der Waals surface area (Å²) in [6.45, 7) is 1.35. The van der Waals surface area contributed by atoms with Crippen molar-refractivity contribution in [2.75, 3.05) is 18.4 Å². The summed E-state index contributed by atoms with van der Waals surface area (Å²) in [6.07, 6.45) is 2.24. The molecule has 1 saturated heterocycles. The highest BCUT2D eigenvalue weighted by Gasteiger charge is 2.28. The van der Waals surface area contributed by atoms with Crippen LogP contribution in [0, 0.1) is 0 Å². The van der Waals surface area contributed by atoms with Crippen LogP contribution in [0.15, 0.2) is 72.1 Å². The van der Waals surface area contributed by atoms with E-state index in [1.165, 1.54) is 4.88 Å². The highest BCUT2D eigenvalue weighted by atomic mass is 32.1. The van der Waals surface area contributed by atoms with E-state index in [0.717, 1.165) is 25.1 Å². The van der Waals surface area contributed by atoms with E-state index in [-0.39, 0.29) is 5.91 Å². The van der Waals surface area contributed by atoms with Crippen molar-refractivity contribution < 1.29 is 9.53 Å². The lowest BCUT2D eigenvalue weighted by Gasteiger charge is -2.23. The Bertz CT molecular complexity index is 880. The van der Waals surface area contributed by atoms with Gasteiger partial charge in [-0.2, -0.15) is 0 Å². The van der Waals surface area contributed by atoms with E-state index in [1.807, 2.05) is 54.6 Å². The quantitative estimate of drug-likeness (QED) is 0.631. The first-order chi connectivity index (χ1) is 13.3. The van der Waals surface area contributed by atoms with Crippen molar-refractivity contribution in [3.05, 3.63) is 77.0 Å². The van der Waals surface area contributed by atoms with Crippen LogP contribution in [0.4, 0.5) is 5.69 Å². The average Bonchev–Trinajstić information content (AvgIpc) is 3.36. The molecule has 138 valence electrons. The Balaban J connectivity index is 1.42. The van der Waals surface area contributed by atoms with E-state index >= 15 is 0 Å². The van der Waals surface area contributed by atoms with Crippen LogP contribution >= 0.6 is 11.3 Å². The molecule has 1 aliphatic rings. The van der Waals surface area contributed by atoms with E-state index in [9.17, 15) is 4.79 Å². The molecule has 0 saturated carbocycles. The first kappa shape index (κ1) is 17.8. The second-order valence-electron chi connectivity index (χ2n) is 6.60. The summed E-state index contributed by atoms with van der Waals surface area (Å²) in [7, 11) is 0. The topological polar surface area (TPSA) is 41.6 Å². The van der Waals surface area contributed by atoms with Crippen molar-refractivity contribution >= 4 is 22.9 Å². The van der Waals surface area contributed by atoms with Gasteiger partial charge in [0.25, 0.3) is 0 Å². The molecule has 2 heterocycles. The van der Waals surface area contributed by atoms with Crippen LogP contribution in [-0.2, 0) is 4.79 Å². The molecule has 0 spiro atoms. The number of nitrogens with one attached hydrogen (secondary N) is 1. The van der Waals surface area contributed by atoms with E-state index < -0.39 is 0 Å². The lowest BCUT2D eigenvalue weighted by molar-refractivity contribution is -0.117. The third kappa shape index (κ3) is 4.38. The fourth-order valence-corrected chi connectivity index (χ4v) is 4.36. The SMILES string of the molecule is O=C(CN1CCC[C@@H]1c1cccs1)Nc1ccccc1Oc1ccccc1. The molecule has 1 aliphatic heterocycles. The number of carbonyl (C=O) groups is 1. The van der Waals surface area contributed by atoms with Crippen LogP contribution in [0.5, 0.6) is 11.5 Å². The molecule has 1 aromatic heterocycles. The predicted octanol–water partition coefficient (Wildman–Crippen LogP) is 5.32. The summed E-state index contributed by atoms with van der Waals surface area (Å²) < 4.78 is 5.93. The number of amides is 1. The largest absolute Gasteiger partial charge is 0.455 e. The smallest absolute Gasteiger partial charge is 0.238 e. The zero-order valence-corrected chi connectivity index (χ0v) is 15.8. The normalized spacial score (nSPS) is 17.0. The second kappa shape index (κ2) is 8.37. The summed E-state index contributed by atoms with van der Waals surface area (Å²) >= 11 is 1.77. The molecule has 0 unspecified atom stereocenters. The second-order valence-corrected chi connectivity index (χ2v) is 7.58. The molecule has 0 radical (unpaired) electrons. The Labute approximate surface area is 163 Å². The van der Waals surface area contributed by atoms with Crippen LogP contribution in [0.1, 0.15) is 23.8 Å². The Hall–Kier alpha value is -2.63. The molecular formula is C22H22N2O2S. The summed E-state index contributed by atoms with van der Waals surface area (Å²) in [5, 5.41) is 5.12. The number of carbonyl (C=O) groups excluding carboxylic acids is 1. The number of benzene rings is 2. The van der Waals surface area contributed by atoms with Gasteiger partial charge in [0.15, 0.2) is 5.75 Å². The minimum Gasteiger partial charge on any atom is -0.455 e. The molecule has 0 bridgehead atoms. The minimum absolute atomic E-state index is 0.0115. The number of likely N-dealkylation sites (tertiary alicyclic amines) is 1.